The van der Waals surface area contributed by atoms with Crippen molar-refractivity contribution in [1.29, 1.82) is 0 Å². The van der Waals surface area contributed by atoms with E-state index in [4.69, 9.17) is 0 Å². The lowest BCUT2D eigenvalue weighted by Gasteiger charge is -2.07. The van der Waals surface area contributed by atoms with Crippen molar-refractivity contribution < 1.29 is 4.79 Å². The second-order valence-corrected chi connectivity index (χ2v) is 4.97. The van der Waals surface area contributed by atoms with Crippen LogP contribution in [0.15, 0.2) is 47.7 Å². The molecule has 0 aliphatic carbocycles. The third-order valence-electron chi connectivity index (χ3n) is 2.56. The first-order valence-corrected chi connectivity index (χ1v) is 6.80. The van der Waals surface area contributed by atoms with Gasteiger partial charge in [0.1, 0.15) is 4.60 Å². The summed E-state index contributed by atoms with van der Waals surface area (Å²) in [6.07, 6.45) is 5.49. The summed E-state index contributed by atoms with van der Waals surface area (Å²) in [6, 6.07) is 9.92. The monoisotopic (exact) mass is 331 g/mol. The number of hydrogen-bond acceptors (Lipinski definition) is 2. The van der Waals surface area contributed by atoms with Gasteiger partial charge in [0.15, 0.2) is 5.82 Å². The highest BCUT2D eigenvalue weighted by atomic mass is 79.9. The summed E-state index contributed by atoms with van der Waals surface area (Å²) in [5.74, 6) is 0.409. The number of halogens is 1. The molecule has 0 saturated heterocycles. The molecule has 0 fully saturated rings. The highest BCUT2D eigenvalue weighted by molar-refractivity contribution is 9.10. The van der Waals surface area contributed by atoms with E-state index in [2.05, 4.69) is 32.8 Å². The number of hydrogen-bond donors (Lipinski definition) is 1. The van der Waals surface area contributed by atoms with Gasteiger partial charge < -0.3 is 5.32 Å². The molecule has 2 rings (SSSR count). The molecule has 0 spiro atoms. The molecule has 1 aromatic carbocycles. The minimum atomic E-state index is -0.173. The number of rotatable bonds is 4. The lowest BCUT2D eigenvalue weighted by Crippen LogP contribution is -2.19. The van der Waals surface area contributed by atoms with E-state index in [1.165, 1.54) is 6.92 Å². The molecule has 102 valence electrons. The van der Waals surface area contributed by atoms with Gasteiger partial charge in [-0.3, -0.25) is 9.36 Å². The lowest BCUT2D eigenvalue weighted by molar-refractivity contribution is -0.117. The number of nitrogens with zero attached hydrogens (tertiary/aromatic N) is 2. The Hall–Kier alpha value is -2.14. The van der Waals surface area contributed by atoms with Gasteiger partial charge in [0.05, 0.1) is 11.9 Å². The van der Waals surface area contributed by atoms with E-state index in [1.807, 2.05) is 47.2 Å². The smallest absolute Gasteiger partial charge is 0.221 e. The van der Waals surface area contributed by atoms with Crippen LogP contribution in [0.2, 0.25) is 0 Å². The van der Waals surface area contributed by atoms with Crippen molar-refractivity contribution in [1.82, 2.24) is 14.9 Å². The zero-order chi connectivity index (χ0) is 14.5. The van der Waals surface area contributed by atoms with Crippen LogP contribution in [0.1, 0.15) is 18.3 Å². The van der Waals surface area contributed by atoms with Crippen LogP contribution < -0.4 is 5.32 Å². The van der Waals surface area contributed by atoms with E-state index in [0.29, 0.717) is 11.5 Å². The molecule has 0 unspecified atom stereocenters. The summed E-state index contributed by atoms with van der Waals surface area (Å²) >= 11 is 3.42. The maximum Gasteiger partial charge on any atom is 0.221 e. The van der Waals surface area contributed by atoms with Gasteiger partial charge in [0.2, 0.25) is 5.91 Å². The molecule has 1 heterocycles. The quantitative estimate of drug-likeness (QED) is 0.933. The summed E-state index contributed by atoms with van der Waals surface area (Å²) in [5, 5.41) is 2.64. The van der Waals surface area contributed by atoms with E-state index >= 15 is 0 Å². The lowest BCUT2D eigenvalue weighted by atomic mass is 10.2. The van der Waals surface area contributed by atoms with Gasteiger partial charge in [-0.25, -0.2) is 4.98 Å². The number of benzene rings is 1. The molecule has 0 aliphatic rings. The van der Waals surface area contributed by atoms with Gasteiger partial charge in [-0.1, -0.05) is 36.9 Å². The maximum absolute atomic E-state index is 11.1. The minimum absolute atomic E-state index is 0.173. The summed E-state index contributed by atoms with van der Waals surface area (Å²) in [4.78, 5) is 15.3. The summed E-state index contributed by atoms with van der Waals surface area (Å²) < 4.78 is 2.59. The van der Waals surface area contributed by atoms with Crippen molar-refractivity contribution >= 4 is 39.8 Å². The van der Waals surface area contributed by atoms with E-state index in [9.17, 15) is 4.79 Å². The van der Waals surface area contributed by atoms with Crippen LogP contribution in [0.5, 0.6) is 0 Å². The first-order valence-electron chi connectivity index (χ1n) is 6.01. The molecule has 20 heavy (non-hydrogen) atoms. The first-order chi connectivity index (χ1) is 9.58. The highest BCUT2D eigenvalue weighted by Crippen LogP contribution is 2.18. The van der Waals surface area contributed by atoms with E-state index in [0.717, 1.165) is 10.2 Å². The van der Waals surface area contributed by atoms with Crippen molar-refractivity contribution in [2.45, 2.75) is 6.92 Å². The second kappa shape index (κ2) is 6.34. The van der Waals surface area contributed by atoms with Gasteiger partial charge in [-0.05, 0) is 27.6 Å². The molecule has 5 heteroatoms. The van der Waals surface area contributed by atoms with Gasteiger partial charge >= 0.3 is 0 Å². The third kappa shape index (κ3) is 3.45. The number of amides is 1. The van der Waals surface area contributed by atoms with Crippen LogP contribution in [0, 0.1) is 0 Å². The Morgan fingerprint density at radius 1 is 1.40 bits per heavy atom. The van der Waals surface area contributed by atoms with Crippen molar-refractivity contribution in [3.05, 3.63) is 59.1 Å². The SMILES string of the molecule is C=C(NC(C)=O)c1ncc(Br)n1/C=C/c1ccccc1. The Kier molecular flexibility index (Phi) is 4.53. The van der Waals surface area contributed by atoms with Crippen LogP contribution in [-0.2, 0) is 4.79 Å². The Morgan fingerprint density at radius 2 is 2.10 bits per heavy atom. The Bertz CT molecular complexity index is 659. The van der Waals surface area contributed by atoms with Gasteiger partial charge in [-0.2, -0.15) is 0 Å². The van der Waals surface area contributed by atoms with Crippen LogP contribution >= 0.6 is 15.9 Å². The molecule has 0 bridgehead atoms. The Labute approximate surface area is 126 Å². The predicted molar refractivity (Wildman–Crippen MR) is 84.4 cm³/mol. The number of carbonyl (C=O) groups is 1. The van der Waals surface area contributed by atoms with Crippen molar-refractivity contribution in [3.63, 3.8) is 0 Å². The molecule has 0 radical (unpaired) electrons. The van der Waals surface area contributed by atoms with Crippen LogP contribution in [0.3, 0.4) is 0 Å². The third-order valence-corrected chi connectivity index (χ3v) is 3.15. The van der Waals surface area contributed by atoms with E-state index in [1.54, 1.807) is 6.20 Å². The molecule has 0 atom stereocenters. The fourth-order valence-corrected chi connectivity index (χ4v) is 2.09. The van der Waals surface area contributed by atoms with Gasteiger partial charge in [0.25, 0.3) is 0 Å². The van der Waals surface area contributed by atoms with Crippen molar-refractivity contribution in [2.75, 3.05) is 0 Å². The molecule has 0 aliphatic heterocycles. The van der Waals surface area contributed by atoms with Crippen LogP contribution in [-0.4, -0.2) is 15.5 Å². The molecule has 4 nitrogen and oxygen atoms in total. The number of nitrogens with one attached hydrogen (secondary N) is 1. The average Bonchev–Trinajstić information content (AvgIpc) is 2.78. The molecule has 1 N–H and O–H groups in total. The molecule has 0 saturated carbocycles. The summed E-state index contributed by atoms with van der Waals surface area (Å²) in [6.45, 7) is 5.26. The normalized spacial score (nSPS) is 10.7. The van der Waals surface area contributed by atoms with Crippen molar-refractivity contribution in [3.8, 4) is 0 Å². The predicted octanol–water partition coefficient (Wildman–Crippen LogP) is 3.38. The van der Waals surface area contributed by atoms with Crippen LogP contribution in [0.25, 0.3) is 18.0 Å². The van der Waals surface area contributed by atoms with Crippen LogP contribution in [0.4, 0.5) is 0 Å². The second-order valence-electron chi connectivity index (χ2n) is 4.16. The Balaban J connectivity index is 2.28. The fourth-order valence-electron chi connectivity index (χ4n) is 1.70. The Morgan fingerprint density at radius 3 is 2.75 bits per heavy atom. The zero-order valence-corrected chi connectivity index (χ0v) is 12.6. The van der Waals surface area contributed by atoms with Crippen molar-refractivity contribution in [2.24, 2.45) is 0 Å². The zero-order valence-electron chi connectivity index (χ0n) is 11.0. The number of aromatic nitrogens is 2. The molecule has 1 aromatic heterocycles. The standard InChI is InChI=1S/C15H14BrN3O/c1-11(18-12(2)20)15-17-10-14(16)19(15)9-8-13-6-4-3-5-7-13/h3-10H,1H2,2H3,(H,18,20)/b9-8+. The maximum atomic E-state index is 11.1. The molecule has 1 amide bonds. The van der Waals surface area contributed by atoms with E-state index in [-0.39, 0.29) is 5.91 Å². The fraction of sp³-hybridized carbons (Fsp3) is 0.0667. The topological polar surface area (TPSA) is 46.9 Å². The van der Waals surface area contributed by atoms with Gasteiger partial charge in [0, 0.05) is 13.1 Å². The van der Waals surface area contributed by atoms with E-state index < -0.39 is 0 Å². The number of carbonyl (C=O) groups excluding carboxylic acids is 1. The van der Waals surface area contributed by atoms with Gasteiger partial charge in [-0.15, -0.1) is 0 Å². The summed E-state index contributed by atoms with van der Waals surface area (Å²) in [7, 11) is 0. The first kappa shape index (κ1) is 14.3. The average molecular weight is 332 g/mol. The number of imidazole rings is 1. The summed E-state index contributed by atoms with van der Waals surface area (Å²) in [5.41, 5.74) is 1.53. The highest BCUT2D eigenvalue weighted by Gasteiger charge is 2.10. The molecule has 2 aromatic rings. The largest absolute Gasteiger partial charge is 0.324 e. The molecular weight excluding hydrogens is 318 g/mol. The molecular formula is C15H14BrN3O. The minimum Gasteiger partial charge on any atom is -0.324 e.